The van der Waals surface area contributed by atoms with Gasteiger partial charge < -0.3 is 15.5 Å². The van der Waals surface area contributed by atoms with Crippen molar-refractivity contribution in [3.05, 3.63) is 70.5 Å². The van der Waals surface area contributed by atoms with E-state index in [0.717, 1.165) is 47.6 Å². The number of hydrogen-bond acceptors (Lipinski definition) is 4. The van der Waals surface area contributed by atoms with Gasteiger partial charge in [-0.1, -0.05) is 17.7 Å². The van der Waals surface area contributed by atoms with Crippen LogP contribution in [-0.2, 0) is 11.2 Å². The van der Waals surface area contributed by atoms with Crippen LogP contribution in [0.5, 0.6) is 0 Å². The Morgan fingerprint density at radius 3 is 2.26 bits per heavy atom. The monoisotopic (exact) mass is 457 g/mol. The molecule has 2 aliphatic rings. The topological polar surface area (TPSA) is 102 Å². The van der Waals surface area contributed by atoms with E-state index in [1.807, 2.05) is 56.3 Å². The summed E-state index contributed by atoms with van der Waals surface area (Å²) in [6, 6.07) is 13.4. The van der Waals surface area contributed by atoms with Gasteiger partial charge in [0.05, 0.1) is 5.69 Å². The van der Waals surface area contributed by atoms with Gasteiger partial charge in [0, 0.05) is 36.4 Å². The number of carbonyl (C=O) groups is 3. The maximum atomic E-state index is 13.7. The number of aryl methyl sites for hydroxylation is 2. The second-order valence-electron chi connectivity index (χ2n) is 8.97. The third-order valence-electron chi connectivity index (χ3n) is 6.63. The number of nitrogens with zero attached hydrogens (tertiary/aromatic N) is 4. The van der Waals surface area contributed by atoms with Crippen molar-refractivity contribution in [2.24, 2.45) is 5.73 Å². The second kappa shape index (κ2) is 8.44. The minimum atomic E-state index is -0.642. The Morgan fingerprint density at radius 1 is 0.912 bits per heavy atom. The molecule has 0 unspecified atom stereocenters. The van der Waals surface area contributed by atoms with Crippen molar-refractivity contribution in [1.82, 2.24) is 9.78 Å². The number of primary amides is 1. The number of aromatic nitrogens is 2. The van der Waals surface area contributed by atoms with E-state index in [-0.39, 0.29) is 17.5 Å². The molecule has 2 N–H and O–H groups in total. The van der Waals surface area contributed by atoms with E-state index >= 15 is 0 Å². The van der Waals surface area contributed by atoms with Crippen molar-refractivity contribution in [2.75, 3.05) is 22.9 Å². The Morgan fingerprint density at radius 2 is 1.62 bits per heavy atom. The highest BCUT2D eigenvalue weighted by Gasteiger charge is 2.35. The Hall–Kier alpha value is -3.94. The van der Waals surface area contributed by atoms with Gasteiger partial charge in [-0.3, -0.25) is 14.4 Å². The number of benzene rings is 2. The molecule has 8 heteroatoms. The van der Waals surface area contributed by atoms with Crippen molar-refractivity contribution in [2.45, 2.75) is 39.5 Å². The molecule has 0 atom stereocenters. The highest BCUT2D eigenvalue weighted by Crippen LogP contribution is 2.31. The van der Waals surface area contributed by atoms with Crippen molar-refractivity contribution in [3.8, 4) is 5.69 Å². The van der Waals surface area contributed by atoms with Gasteiger partial charge in [0.2, 0.25) is 5.91 Å². The number of fused-ring (bicyclic) bond motifs is 1. The lowest BCUT2D eigenvalue weighted by Gasteiger charge is -2.30. The van der Waals surface area contributed by atoms with Gasteiger partial charge in [-0.05, 0) is 69.0 Å². The van der Waals surface area contributed by atoms with Crippen LogP contribution in [0.2, 0.25) is 0 Å². The highest BCUT2D eigenvalue weighted by molar-refractivity contribution is 6.09. The Labute approximate surface area is 197 Å². The van der Waals surface area contributed by atoms with Crippen LogP contribution in [0.3, 0.4) is 0 Å². The minimum absolute atomic E-state index is 0.133. The molecular formula is C26H27N5O3. The summed E-state index contributed by atoms with van der Waals surface area (Å²) < 4.78 is 1.56. The largest absolute Gasteiger partial charge is 0.364 e. The van der Waals surface area contributed by atoms with Gasteiger partial charge in [-0.15, -0.1) is 0 Å². The molecule has 0 spiro atoms. The lowest BCUT2D eigenvalue weighted by atomic mass is 10.0. The molecule has 1 aromatic heterocycles. The molecule has 3 aromatic rings. The SMILES string of the molecule is Cc1ccc(-n2nc(C(N)=O)c3c2C(=O)N(c2ccc(N4CCCCC4=O)cc2)CC3)c(C)c1. The maximum Gasteiger partial charge on any atom is 0.277 e. The van der Waals surface area contributed by atoms with Crippen molar-refractivity contribution in [3.63, 3.8) is 0 Å². The normalized spacial score (nSPS) is 16.1. The van der Waals surface area contributed by atoms with Gasteiger partial charge in [0.25, 0.3) is 11.8 Å². The zero-order chi connectivity index (χ0) is 24.0. The lowest BCUT2D eigenvalue weighted by molar-refractivity contribution is -0.119. The highest BCUT2D eigenvalue weighted by atomic mass is 16.2. The first-order valence-corrected chi connectivity index (χ1v) is 11.6. The molecule has 8 nitrogen and oxygen atoms in total. The van der Waals surface area contributed by atoms with E-state index in [4.69, 9.17) is 5.73 Å². The summed E-state index contributed by atoms with van der Waals surface area (Å²) in [5, 5.41) is 4.46. The number of piperidine rings is 1. The predicted octanol–water partition coefficient (Wildman–Crippen LogP) is 3.31. The molecule has 1 fully saturated rings. The fourth-order valence-corrected chi connectivity index (χ4v) is 4.91. The van der Waals surface area contributed by atoms with Gasteiger partial charge in [-0.2, -0.15) is 5.10 Å². The number of hydrogen-bond donors (Lipinski definition) is 1. The van der Waals surface area contributed by atoms with Crippen LogP contribution in [0, 0.1) is 13.8 Å². The van der Waals surface area contributed by atoms with Gasteiger partial charge in [0.1, 0.15) is 5.69 Å². The molecule has 174 valence electrons. The Kier molecular flexibility index (Phi) is 5.43. The molecule has 0 radical (unpaired) electrons. The Bertz CT molecular complexity index is 1310. The molecule has 3 heterocycles. The van der Waals surface area contributed by atoms with Crippen LogP contribution in [0.15, 0.2) is 42.5 Å². The summed E-state index contributed by atoms with van der Waals surface area (Å²) in [4.78, 5) is 41.6. The van der Waals surface area contributed by atoms with E-state index in [9.17, 15) is 14.4 Å². The molecule has 0 aliphatic carbocycles. The average molecular weight is 458 g/mol. The van der Waals surface area contributed by atoms with Gasteiger partial charge in [-0.25, -0.2) is 4.68 Å². The first kappa shape index (κ1) is 21.9. The molecule has 2 aliphatic heterocycles. The first-order chi connectivity index (χ1) is 16.3. The van der Waals surface area contributed by atoms with E-state index in [2.05, 4.69) is 5.10 Å². The van der Waals surface area contributed by atoms with E-state index in [1.165, 1.54) is 0 Å². The summed E-state index contributed by atoms with van der Waals surface area (Å²) in [6.07, 6.45) is 2.96. The Balaban J connectivity index is 1.52. The van der Waals surface area contributed by atoms with E-state index in [0.29, 0.717) is 30.6 Å². The lowest BCUT2D eigenvalue weighted by Crippen LogP contribution is -2.39. The smallest absolute Gasteiger partial charge is 0.277 e. The summed E-state index contributed by atoms with van der Waals surface area (Å²) in [5.41, 5.74) is 11.1. The summed E-state index contributed by atoms with van der Waals surface area (Å²) in [7, 11) is 0. The average Bonchev–Trinajstić information content (AvgIpc) is 3.21. The summed E-state index contributed by atoms with van der Waals surface area (Å²) in [6.45, 7) is 5.08. The van der Waals surface area contributed by atoms with E-state index < -0.39 is 5.91 Å². The molecular weight excluding hydrogens is 430 g/mol. The van der Waals surface area contributed by atoms with Crippen LogP contribution in [0.25, 0.3) is 5.69 Å². The van der Waals surface area contributed by atoms with Crippen LogP contribution in [0.4, 0.5) is 11.4 Å². The molecule has 5 rings (SSSR count). The number of anilines is 2. The summed E-state index contributed by atoms with van der Waals surface area (Å²) in [5.74, 6) is -0.742. The van der Waals surface area contributed by atoms with Gasteiger partial charge in [0.15, 0.2) is 5.69 Å². The predicted molar refractivity (Wildman–Crippen MR) is 130 cm³/mol. The van der Waals surface area contributed by atoms with Crippen molar-refractivity contribution in [1.29, 1.82) is 0 Å². The third-order valence-corrected chi connectivity index (χ3v) is 6.63. The number of carbonyl (C=O) groups excluding carboxylic acids is 3. The standard InChI is InChI=1S/C26H27N5O3/c1-16-6-11-21(17(2)15-16)31-24-20(23(28-31)25(27)33)12-14-30(26(24)34)19-9-7-18(8-10-19)29-13-4-3-5-22(29)32/h6-11,15H,3-5,12-14H2,1-2H3,(H2,27,33). The molecule has 0 bridgehead atoms. The minimum Gasteiger partial charge on any atom is -0.364 e. The molecule has 1 saturated heterocycles. The fraction of sp³-hybridized carbons (Fsp3) is 0.308. The van der Waals surface area contributed by atoms with Crippen LogP contribution >= 0.6 is 0 Å². The molecule has 3 amide bonds. The zero-order valence-corrected chi connectivity index (χ0v) is 19.4. The maximum absolute atomic E-state index is 13.7. The van der Waals surface area contributed by atoms with Crippen LogP contribution in [0.1, 0.15) is 56.9 Å². The van der Waals surface area contributed by atoms with Crippen molar-refractivity contribution < 1.29 is 14.4 Å². The molecule has 0 saturated carbocycles. The first-order valence-electron chi connectivity index (χ1n) is 11.6. The number of rotatable bonds is 4. The van der Waals surface area contributed by atoms with Crippen LogP contribution < -0.4 is 15.5 Å². The molecule has 2 aromatic carbocycles. The fourth-order valence-electron chi connectivity index (χ4n) is 4.91. The number of nitrogens with two attached hydrogens (primary N) is 1. The van der Waals surface area contributed by atoms with Gasteiger partial charge >= 0.3 is 0 Å². The summed E-state index contributed by atoms with van der Waals surface area (Å²) >= 11 is 0. The second-order valence-corrected chi connectivity index (χ2v) is 8.97. The van der Waals surface area contributed by atoms with E-state index in [1.54, 1.807) is 14.5 Å². The number of amides is 3. The van der Waals surface area contributed by atoms with Crippen LogP contribution in [-0.4, -0.2) is 40.6 Å². The third kappa shape index (κ3) is 3.65. The van der Waals surface area contributed by atoms with Crippen molar-refractivity contribution >= 4 is 29.1 Å². The quantitative estimate of drug-likeness (QED) is 0.649. The zero-order valence-electron chi connectivity index (χ0n) is 19.4. The molecule has 34 heavy (non-hydrogen) atoms.